The van der Waals surface area contributed by atoms with Crippen LogP contribution in [0.2, 0.25) is 0 Å². The van der Waals surface area contributed by atoms with Crippen LogP contribution < -0.4 is 10.6 Å². The minimum absolute atomic E-state index is 0.101. The van der Waals surface area contributed by atoms with Crippen molar-refractivity contribution in [3.05, 3.63) is 30.2 Å². The van der Waals surface area contributed by atoms with Crippen LogP contribution in [0.1, 0.15) is 44.9 Å². The van der Waals surface area contributed by atoms with Crippen molar-refractivity contribution in [3.8, 4) is 0 Å². The number of fused-ring (bicyclic) bond motifs is 1. The molecule has 8 heteroatoms. The van der Waals surface area contributed by atoms with Gasteiger partial charge in [0, 0.05) is 26.2 Å². The molecule has 0 saturated heterocycles. The molecule has 2 aromatic heterocycles. The number of carbonyl (C=O) groups excluding carboxylic acids is 1. The zero-order valence-electron chi connectivity index (χ0n) is 15.6. The van der Waals surface area contributed by atoms with Crippen LogP contribution in [0.3, 0.4) is 0 Å². The number of unbranched alkanes of at least 4 members (excludes halogenated alkanes) is 3. The summed E-state index contributed by atoms with van der Waals surface area (Å²) in [7, 11) is 1.75. The highest BCUT2D eigenvalue weighted by Gasteiger charge is 2.05. The summed E-state index contributed by atoms with van der Waals surface area (Å²) < 4.78 is 6.86. The average Bonchev–Trinajstić information content (AvgIpc) is 3.07. The first-order valence-corrected chi connectivity index (χ1v) is 9.13. The average molecular weight is 360 g/mol. The maximum Gasteiger partial charge on any atom is 0.305 e. The lowest BCUT2D eigenvalue weighted by atomic mass is 10.1. The lowest BCUT2D eigenvalue weighted by Crippen LogP contribution is -2.37. The van der Waals surface area contributed by atoms with Gasteiger partial charge in [-0.1, -0.05) is 18.9 Å². The molecule has 0 aliphatic rings. The van der Waals surface area contributed by atoms with Gasteiger partial charge in [-0.2, -0.15) is 0 Å². The van der Waals surface area contributed by atoms with Gasteiger partial charge < -0.3 is 15.4 Å². The third-order valence-electron chi connectivity index (χ3n) is 3.93. The van der Waals surface area contributed by atoms with E-state index in [1.807, 2.05) is 35.7 Å². The Balaban J connectivity index is 1.60. The lowest BCUT2D eigenvalue weighted by Gasteiger charge is -2.11. The van der Waals surface area contributed by atoms with Gasteiger partial charge in [0.25, 0.3) is 0 Å². The zero-order chi connectivity index (χ0) is 18.6. The van der Waals surface area contributed by atoms with Crippen LogP contribution in [0, 0.1) is 0 Å². The first-order chi connectivity index (χ1) is 12.7. The van der Waals surface area contributed by atoms with Crippen LogP contribution in [-0.4, -0.2) is 46.7 Å². The fourth-order valence-corrected chi connectivity index (χ4v) is 2.58. The molecular weight excluding hydrogens is 332 g/mol. The molecule has 0 saturated carbocycles. The van der Waals surface area contributed by atoms with Gasteiger partial charge in [-0.3, -0.25) is 14.2 Å². The Bertz CT molecular complexity index is 713. The number of carbonyl (C=O) groups is 1. The van der Waals surface area contributed by atoms with Gasteiger partial charge in [-0.25, -0.2) is 0 Å². The van der Waals surface area contributed by atoms with Crippen molar-refractivity contribution in [2.45, 2.75) is 45.6 Å². The highest BCUT2D eigenvalue weighted by atomic mass is 16.5. The molecule has 0 aliphatic heterocycles. The molecule has 2 N–H and O–H groups in total. The minimum Gasteiger partial charge on any atom is -0.466 e. The first-order valence-electron chi connectivity index (χ1n) is 9.13. The van der Waals surface area contributed by atoms with Gasteiger partial charge in [-0.05, 0) is 31.9 Å². The Kier molecular flexibility index (Phi) is 8.38. The molecule has 2 aromatic rings. The molecule has 0 atom stereocenters. The summed E-state index contributed by atoms with van der Waals surface area (Å²) in [5.74, 6) is 1.47. The van der Waals surface area contributed by atoms with Crippen molar-refractivity contribution >= 4 is 17.6 Å². The fourth-order valence-electron chi connectivity index (χ4n) is 2.58. The van der Waals surface area contributed by atoms with Crippen molar-refractivity contribution in [2.75, 3.05) is 20.2 Å². The molecule has 0 aliphatic carbocycles. The second-order valence-corrected chi connectivity index (χ2v) is 5.87. The number of pyridine rings is 1. The van der Waals surface area contributed by atoms with Crippen molar-refractivity contribution < 1.29 is 9.53 Å². The highest BCUT2D eigenvalue weighted by molar-refractivity contribution is 5.79. The Morgan fingerprint density at radius 1 is 1.19 bits per heavy atom. The second-order valence-electron chi connectivity index (χ2n) is 5.87. The van der Waals surface area contributed by atoms with Crippen LogP contribution in [-0.2, 0) is 16.1 Å². The fraction of sp³-hybridized carbons (Fsp3) is 0.556. The Hall–Kier alpha value is -2.64. The maximum absolute atomic E-state index is 11.2. The van der Waals surface area contributed by atoms with Crippen LogP contribution in [0.4, 0.5) is 0 Å². The van der Waals surface area contributed by atoms with Gasteiger partial charge in [0.1, 0.15) is 0 Å². The van der Waals surface area contributed by atoms with Crippen molar-refractivity contribution in [1.82, 2.24) is 25.2 Å². The van der Waals surface area contributed by atoms with Gasteiger partial charge >= 0.3 is 5.97 Å². The maximum atomic E-state index is 11.2. The number of hydrogen-bond acceptors (Lipinski definition) is 5. The number of nitrogens with one attached hydrogen (secondary N) is 2. The van der Waals surface area contributed by atoms with E-state index < -0.39 is 0 Å². The third kappa shape index (κ3) is 6.34. The van der Waals surface area contributed by atoms with Crippen molar-refractivity contribution in [3.63, 3.8) is 0 Å². The Morgan fingerprint density at radius 3 is 2.85 bits per heavy atom. The summed E-state index contributed by atoms with van der Waals surface area (Å²) in [6.45, 7) is 3.67. The molecular formula is C18H28N6O2. The largest absolute Gasteiger partial charge is 0.466 e. The van der Waals surface area contributed by atoms with E-state index in [1.165, 1.54) is 0 Å². The summed E-state index contributed by atoms with van der Waals surface area (Å²) in [6.07, 6.45) is 6.45. The number of ether oxygens (including phenoxy) is 1. The molecule has 26 heavy (non-hydrogen) atoms. The summed E-state index contributed by atoms with van der Waals surface area (Å²) in [6, 6.07) is 5.81. The summed E-state index contributed by atoms with van der Waals surface area (Å²) in [4.78, 5) is 15.5. The minimum atomic E-state index is -0.101. The van der Waals surface area contributed by atoms with E-state index in [4.69, 9.17) is 4.74 Å². The van der Waals surface area contributed by atoms with Gasteiger partial charge in [0.05, 0.1) is 13.2 Å². The number of guanidine groups is 1. The molecule has 2 heterocycles. The van der Waals surface area contributed by atoms with Crippen molar-refractivity contribution in [2.24, 2.45) is 4.99 Å². The molecule has 142 valence electrons. The predicted octanol–water partition coefficient (Wildman–Crippen LogP) is 1.91. The summed E-state index contributed by atoms with van der Waals surface area (Å²) in [5, 5.41) is 14.9. The molecule has 8 nitrogen and oxygen atoms in total. The molecule has 2 rings (SSSR count). The normalized spacial score (nSPS) is 11.5. The van der Waals surface area contributed by atoms with E-state index in [9.17, 15) is 4.79 Å². The number of hydrogen-bond donors (Lipinski definition) is 2. The van der Waals surface area contributed by atoms with E-state index in [0.29, 0.717) is 19.6 Å². The molecule has 0 unspecified atom stereocenters. The van der Waals surface area contributed by atoms with Gasteiger partial charge in [0.2, 0.25) is 0 Å². The Labute approximate surface area is 154 Å². The van der Waals surface area contributed by atoms with Gasteiger partial charge in [-0.15, -0.1) is 10.2 Å². The van der Waals surface area contributed by atoms with Gasteiger partial charge in [0.15, 0.2) is 17.4 Å². The molecule has 0 aromatic carbocycles. The quantitative estimate of drug-likeness (QED) is 0.291. The Morgan fingerprint density at radius 2 is 2.04 bits per heavy atom. The predicted molar refractivity (Wildman–Crippen MR) is 101 cm³/mol. The summed E-state index contributed by atoms with van der Waals surface area (Å²) >= 11 is 0. The SMILES string of the molecule is CCOC(=O)CCCCCCNC(=NC)NCc1nnc2ccccn12. The van der Waals surface area contributed by atoms with Crippen LogP contribution in [0.25, 0.3) is 5.65 Å². The smallest absolute Gasteiger partial charge is 0.305 e. The number of rotatable bonds is 10. The number of esters is 1. The molecule has 0 radical (unpaired) electrons. The number of aromatic nitrogens is 3. The van der Waals surface area contributed by atoms with E-state index in [1.54, 1.807) is 7.05 Å². The van der Waals surface area contributed by atoms with E-state index in [2.05, 4.69) is 25.8 Å². The monoisotopic (exact) mass is 360 g/mol. The molecule has 0 bridgehead atoms. The molecule has 0 amide bonds. The zero-order valence-corrected chi connectivity index (χ0v) is 15.6. The van der Waals surface area contributed by atoms with Crippen molar-refractivity contribution in [1.29, 1.82) is 0 Å². The van der Waals surface area contributed by atoms with Crippen LogP contribution in [0.5, 0.6) is 0 Å². The van der Waals surface area contributed by atoms with E-state index >= 15 is 0 Å². The molecule has 0 fully saturated rings. The topological polar surface area (TPSA) is 92.9 Å². The third-order valence-corrected chi connectivity index (χ3v) is 3.93. The van der Waals surface area contributed by atoms with E-state index in [-0.39, 0.29) is 5.97 Å². The van der Waals surface area contributed by atoms with Crippen LogP contribution in [0.15, 0.2) is 29.4 Å². The first kappa shape index (κ1) is 19.7. The highest BCUT2D eigenvalue weighted by Crippen LogP contribution is 2.04. The number of nitrogens with zero attached hydrogens (tertiary/aromatic N) is 4. The summed E-state index contributed by atoms with van der Waals surface area (Å²) in [5.41, 5.74) is 0.829. The standard InChI is InChI=1S/C18H28N6O2/c1-3-26-17(25)11-6-4-5-8-12-20-18(19-2)21-14-16-23-22-15-10-7-9-13-24(15)16/h7,9-10,13H,3-6,8,11-12,14H2,1-2H3,(H2,19,20,21). The molecule has 0 spiro atoms. The number of aliphatic imine (C=N–C) groups is 1. The second kappa shape index (κ2) is 11.1. The van der Waals surface area contributed by atoms with E-state index in [0.717, 1.165) is 49.7 Å². The lowest BCUT2D eigenvalue weighted by molar-refractivity contribution is -0.143. The van der Waals surface area contributed by atoms with Crippen LogP contribution >= 0.6 is 0 Å².